The molecule has 0 amide bonds. The number of nitrogens with zero attached hydrogens (tertiary/aromatic N) is 1. The summed E-state index contributed by atoms with van der Waals surface area (Å²) in [6, 6.07) is 4.23. The Bertz CT molecular complexity index is 336. The lowest BCUT2D eigenvalue weighted by Crippen LogP contribution is -2.42. The molecule has 1 aliphatic rings. The highest BCUT2D eigenvalue weighted by Crippen LogP contribution is 2.19. The molecule has 1 fully saturated rings. The predicted molar refractivity (Wildman–Crippen MR) is 61.9 cm³/mol. The third-order valence-corrected chi connectivity index (χ3v) is 2.85. The summed E-state index contributed by atoms with van der Waals surface area (Å²) in [4.78, 5) is 4.17. The molecule has 0 unspecified atom stereocenters. The van der Waals surface area contributed by atoms with Crippen LogP contribution in [0.25, 0.3) is 0 Å². The van der Waals surface area contributed by atoms with Crippen molar-refractivity contribution in [2.24, 2.45) is 0 Å². The van der Waals surface area contributed by atoms with E-state index in [1.807, 2.05) is 12.1 Å². The van der Waals surface area contributed by atoms with Gasteiger partial charge in [0.2, 0.25) is 5.88 Å². The van der Waals surface area contributed by atoms with Crippen LogP contribution in [0.15, 0.2) is 18.3 Å². The van der Waals surface area contributed by atoms with Crippen molar-refractivity contribution in [2.75, 3.05) is 13.7 Å². The van der Waals surface area contributed by atoms with Crippen LogP contribution in [0.1, 0.15) is 19.8 Å². The minimum Gasteiger partial charge on any atom is -0.497 e. The Labute approximate surface area is 96.0 Å². The zero-order chi connectivity index (χ0) is 11.4. The first-order chi connectivity index (χ1) is 7.78. The molecule has 1 aromatic rings. The molecule has 4 nitrogen and oxygen atoms in total. The Morgan fingerprint density at radius 2 is 2.31 bits per heavy atom. The molecule has 16 heavy (non-hydrogen) atoms. The van der Waals surface area contributed by atoms with E-state index in [0.717, 1.165) is 25.1 Å². The van der Waals surface area contributed by atoms with Crippen molar-refractivity contribution in [1.82, 2.24) is 10.3 Å². The maximum Gasteiger partial charge on any atom is 0.217 e. The lowest BCUT2D eigenvalue weighted by atomic mass is 10.0. The molecule has 88 valence electrons. The first-order valence-electron chi connectivity index (χ1n) is 5.68. The van der Waals surface area contributed by atoms with Gasteiger partial charge in [0.05, 0.1) is 7.11 Å². The molecule has 0 spiro atoms. The molecule has 1 aliphatic heterocycles. The zero-order valence-electron chi connectivity index (χ0n) is 9.77. The van der Waals surface area contributed by atoms with Crippen LogP contribution in [0.3, 0.4) is 0 Å². The van der Waals surface area contributed by atoms with Gasteiger partial charge in [-0.1, -0.05) is 0 Å². The molecule has 0 saturated carbocycles. The van der Waals surface area contributed by atoms with E-state index < -0.39 is 0 Å². The van der Waals surface area contributed by atoms with Crippen molar-refractivity contribution in [3.05, 3.63) is 18.3 Å². The summed E-state index contributed by atoms with van der Waals surface area (Å²) in [5, 5.41) is 3.40. The molecule has 1 saturated heterocycles. The van der Waals surface area contributed by atoms with Gasteiger partial charge >= 0.3 is 0 Å². The first kappa shape index (κ1) is 11.2. The second-order valence-corrected chi connectivity index (χ2v) is 4.16. The van der Waals surface area contributed by atoms with Gasteiger partial charge in [0.15, 0.2) is 0 Å². The minimum absolute atomic E-state index is 0.218. The highest BCUT2D eigenvalue weighted by atomic mass is 16.5. The molecule has 0 aromatic carbocycles. The molecule has 0 radical (unpaired) electrons. The molecule has 1 aromatic heterocycles. The second-order valence-electron chi connectivity index (χ2n) is 4.16. The summed E-state index contributed by atoms with van der Waals surface area (Å²) in [5.74, 6) is 1.42. The number of hydrogen-bond acceptors (Lipinski definition) is 4. The number of hydrogen-bond donors (Lipinski definition) is 1. The summed E-state index contributed by atoms with van der Waals surface area (Å²) < 4.78 is 10.9. The Morgan fingerprint density at radius 1 is 1.44 bits per heavy atom. The van der Waals surface area contributed by atoms with Gasteiger partial charge in [-0.05, 0) is 25.8 Å². The van der Waals surface area contributed by atoms with Crippen LogP contribution in [0.5, 0.6) is 11.6 Å². The summed E-state index contributed by atoms with van der Waals surface area (Å²) >= 11 is 0. The van der Waals surface area contributed by atoms with Crippen LogP contribution in [0, 0.1) is 0 Å². The van der Waals surface area contributed by atoms with Crippen LogP contribution < -0.4 is 14.8 Å². The molecule has 2 heterocycles. The largest absolute Gasteiger partial charge is 0.497 e. The van der Waals surface area contributed by atoms with E-state index in [1.165, 1.54) is 0 Å². The maximum atomic E-state index is 5.79. The fourth-order valence-corrected chi connectivity index (χ4v) is 1.83. The number of pyridine rings is 1. The van der Waals surface area contributed by atoms with Crippen molar-refractivity contribution in [2.45, 2.75) is 31.9 Å². The predicted octanol–water partition coefficient (Wildman–Crippen LogP) is 1.61. The number of methoxy groups -OCH3 is 1. The third-order valence-electron chi connectivity index (χ3n) is 2.85. The van der Waals surface area contributed by atoms with E-state index in [0.29, 0.717) is 11.9 Å². The number of piperidine rings is 1. The van der Waals surface area contributed by atoms with E-state index in [4.69, 9.17) is 9.47 Å². The van der Waals surface area contributed by atoms with Crippen LogP contribution in [-0.4, -0.2) is 30.8 Å². The summed E-state index contributed by atoms with van der Waals surface area (Å²) in [5.41, 5.74) is 0. The molecule has 2 rings (SSSR count). The topological polar surface area (TPSA) is 43.4 Å². The van der Waals surface area contributed by atoms with E-state index in [-0.39, 0.29) is 6.10 Å². The normalized spacial score (nSPS) is 25.1. The van der Waals surface area contributed by atoms with E-state index in [2.05, 4.69) is 17.2 Å². The van der Waals surface area contributed by atoms with Gasteiger partial charge < -0.3 is 14.8 Å². The Morgan fingerprint density at radius 3 is 3.00 bits per heavy atom. The molecule has 4 heteroatoms. The highest BCUT2D eigenvalue weighted by molar-refractivity contribution is 5.26. The average Bonchev–Trinajstić information content (AvgIpc) is 2.32. The molecule has 1 N–H and O–H groups in total. The minimum atomic E-state index is 0.218. The van der Waals surface area contributed by atoms with Gasteiger partial charge in [-0.15, -0.1) is 0 Å². The Balaban J connectivity index is 1.93. The van der Waals surface area contributed by atoms with E-state index >= 15 is 0 Å². The second kappa shape index (κ2) is 5.16. The van der Waals surface area contributed by atoms with E-state index in [1.54, 1.807) is 13.3 Å². The van der Waals surface area contributed by atoms with Gasteiger partial charge in [-0.3, -0.25) is 0 Å². The van der Waals surface area contributed by atoms with Crippen molar-refractivity contribution in [3.8, 4) is 11.6 Å². The van der Waals surface area contributed by atoms with Gasteiger partial charge in [-0.2, -0.15) is 0 Å². The van der Waals surface area contributed by atoms with Gasteiger partial charge in [0.1, 0.15) is 11.9 Å². The van der Waals surface area contributed by atoms with Gasteiger partial charge in [0.25, 0.3) is 0 Å². The van der Waals surface area contributed by atoms with E-state index in [9.17, 15) is 0 Å². The highest BCUT2D eigenvalue weighted by Gasteiger charge is 2.19. The van der Waals surface area contributed by atoms with Gasteiger partial charge in [-0.25, -0.2) is 4.98 Å². The quantitative estimate of drug-likeness (QED) is 0.843. The maximum absolute atomic E-state index is 5.79. The Hall–Kier alpha value is -1.29. The van der Waals surface area contributed by atoms with Crippen molar-refractivity contribution in [3.63, 3.8) is 0 Å². The Kier molecular flexibility index (Phi) is 3.62. The molecule has 2 atom stereocenters. The number of ether oxygens (including phenoxy) is 2. The van der Waals surface area contributed by atoms with Crippen LogP contribution in [-0.2, 0) is 0 Å². The van der Waals surface area contributed by atoms with Crippen LogP contribution in [0.4, 0.5) is 0 Å². The van der Waals surface area contributed by atoms with Crippen LogP contribution >= 0.6 is 0 Å². The number of rotatable bonds is 3. The molecule has 0 aliphatic carbocycles. The molecule has 0 bridgehead atoms. The monoisotopic (exact) mass is 222 g/mol. The standard InChI is InChI=1S/C12H18N2O2/c1-9-3-4-11(8-14-9)16-12-7-10(15-2)5-6-13-12/h5-7,9,11,14H,3-4,8H2,1-2H3/t9-,11+/m0/s1. The van der Waals surface area contributed by atoms with Crippen molar-refractivity contribution < 1.29 is 9.47 Å². The lowest BCUT2D eigenvalue weighted by Gasteiger charge is -2.27. The fourth-order valence-electron chi connectivity index (χ4n) is 1.83. The summed E-state index contributed by atoms with van der Waals surface area (Å²) in [6.45, 7) is 3.08. The summed E-state index contributed by atoms with van der Waals surface area (Å²) in [6.07, 6.45) is 4.14. The average molecular weight is 222 g/mol. The summed E-state index contributed by atoms with van der Waals surface area (Å²) in [7, 11) is 1.64. The first-order valence-corrected chi connectivity index (χ1v) is 5.68. The SMILES string of the molecule is COc1ccnc(O[C@@H]2CC[C@H](C)NC2)c1. The van der Waals surface area contributed by atoms with Gasteiger partial charge in [0, 0.05) is 24.8 Å². The molecular weight excluding hydrogens is 204 g/mol. The molecular formula is C12H18N2O2. The lowest BCUT2D eigenvalue weighted by molar-refractivity contribution is 0.146. The van der Waals surface area contributed by atoms with Crippen molar-refractivity contribution >= 4 is 0 Å². The zero-order valence-corrected chi connectivity index (χ0v) is 9.77. The van der Waals surface area contributed by atoms with Crippen molar-refractivity contribution in [1.29, 1.82) is 0 Å². The number of aromatic nitrogens is 1. The fraction of sp³-hybridized carbons (Fsp3) is 0.583. The number of nitrogens with one attached hydrogen (secondary N) is 1. The van der Waals surface area contributed by atoms with Crippen LogP contribution in [0.2, 0.25) is 0 Å². The smallest absolute Gasteiger partial charge is 0.217 e. The third kappa shape index (κ3) is 2.85.